The van der Waals surface area contributed by atoms with Gasteiger partial charge in [-0.3, -0.25) is 9.59 Å². The summed E-state index contributed by atoms with van der Waals surface area (Å²) in [6, 6.07) is -0.833. The Kier molecular flexibility index (Phi) is 69.1. The van der Waals surface area contributed by atoms with E-state index in [9.17, 15) is 35.1 Å². The van der Waals surface area contributed by atoms with Gasteiger partial charge in [-0.15, -0.1) is 0 Å². The lowest BCUT2D eigenvalue weighted by molar-refractivity contribution is -0.302. The molecule has 1 heterocycles. The average molecular weight is 1340 g/mol. The Hall–Kier alpha value is -2.64. The van der Waals surface area contributed by atoms with Crippen molar-refractivity contribution < 1.29 is 49.3 Å². The van der Waals surface area contributed by atoms with E-state index in [0.717, 1.165) is 77.0 Å². The molecule has 0 aromatic heterocycles. The van der Waals surface area contributed by atoms with Crippen molar-refractivity contribution in [1.82, 2.24) is 5.32 Å². The number of hydrogen-bond acceptors (Lipinski definition) is 10. The van der Waals surface area contributed by atoms with Gasteiger partial charge in [-0.2, -0.15) is 0 Å². The molecule has 0 bridgehead atoms. The molecule has 7 unspecified atom stereocenters. The van der Waals surface area contributed by atoms with E-state index >= 15 is 0 Å². The number of aliphatic hydroxyl groups excluding tert-OH is 5. The van der Waals surface area contributed by atoms with E-state index in [-0.39, 0.29) is 18.5 Å². The molecule has 11 heteroatoms. The van der Waals surface area contributed by atoms with Crippen LogP contribution >= 0.6 is 0 Å². The summed E-state index contributed by atoms with van der Waals surface area (Å²) in [5, 5.41) is 54.4. The van der Waals surface area contributed by atoms with Gasteiger partial charge >= 0.3 is 5.97 Å². The minimum absolute atomic E-state index is 0.0187. The molecule has 1 aliphatic rings. The second-order valence-corrected chi connectivity index (χ2v) is 28.5. The number of allylic oxidation sites excluding steroid dienone is 9. The predicted molar refractivity (Wildman–Crippen MR) is 403 cm³/mol. The molecule has 11 nitrogen and oxygen atoms in total. The van der Waals surface area contributed by atoms with Crippen LogP contribution in [-0.4, -0.2) is 100 Å². The maximum atomic E-state index is 13.1. The van der Waals surface area contributed by atoms with Crippen molar-refractivity contribution in [2.75, 3.05) is 19.8 Å². The number of ether oxygens (including phenoxy) is 3. The van der Waals surface area contributed by atoms with Crippen molar-refractivity contribution in [3.63, 3.8) is 0 Å². The standard InChI is InChI=1S/C84H155NO10/c1-3-5-7-9-11-13-15-16-17-41-45-48-52-56-60-64-68-72-80(89)93-73-69-65-61-57-53-49-46-43-40-38-36-34-32-30-28-26-24-22-20-18-19-21-23-25-27-29-31-33-35-37-39-42-44-47-51-55-59-63-67-71-79(88)85-76(75-94-84-83(92)82(91)81(90)78(74-86)95-84)77(87)70-66-62-58-54-50-14-12-10-8-6-4-2/h8,10,18-19,22,24,50,54,66,70,76-78,81-84,86-87,90-92H,3-7,9,11-17,20-21,23,25-49,51-53,55-65,67-69,71-75H2,1-2H3,(H,85,88)/b10-8+,19-18-,24-22-,54-50+,70-66+. The van der Waals surface area contributed by atoms with Crippen LogP contribution in [0.25, 0.3) is 0 Å². The number of hydrogen-bond donors (Lipinski definition) is 6. The van der Waals surface area contributed by atoms with Crippen molar-refractivity contribution in [3.05, 3.63) is 60.8 Å². The second kappa shape index (κ2) is 72.6. The quantitative estimate of drug-likeness (QED) is 0.0195. The molecule has 0 radical (unpaired) electrons. The molecule has 556 valence electrons. The van der Waals surface area contributed by atoms with Gasteiger partial charge in [-0.25, -0.2) is 0 Å². The summed E-state index contributed by atoms with van der Waals surface area (Å²) in [6.45, 7) is 4.30. The molecular formula is C84H155NO10. The Morgan fingerprint density at radius 3 is 1.14 bits per heavy atom. The van der Waals surface area contributed by atoms with E-state index in [0.29, 0.717) is 19.4 Å². The van der Waals surface area contributed by atoms with E-state index in [4.69, 9.17) is 14.2 Å². The summed E-state index contributed by atoms with van der Waals surface area (Å²) in [5.74, 6) is -0.175. The first-order valence-electron chi connectivity index (χ1n) is 41.1. The van der Waals surface area contributed by atoms with Crippen LogP contribution in [0.2, 0.25) is 0 Å². The third-order valence-corrected chi connectivity index (χ3v) is 19.3. The highest BCUT2D eigenvalue weighted by Gasteiger charge is 2.44. The van der Waals surface area contributed by atoms with E-state index in [1.54, 1.807) is 6.08 Å². The lowest BCUT2D eigenvalue weighted by Gasteiger charge is -2.40. The molecule has 0 aromatic carbocycles. The molecular weight excluding hydrogens is 1180 g/mol. The lowest BCUT2D eigenvalue weighted by Crippen LogP contribution is -2.60. The van der Waals surface area contributed by atoms with E-state index in [1.165, 1.54) is 295 Å². The summed E-state index contributed by atoms with van der Waals surface area (Å²) >= 11 is 0. The number of carbonyl (C=O) groups excluding carboxylic acids is 2. The van der Waals surface area contributed by atoms with E-state index in [2.05, 4.69) is 67.8 Å². The summed E-state index contributed by atoms with van der Waals surface area (Å²) < 4.78 is 16.7. The number of rotatable bonds is 73. The van der Waals surface area contributed by atoms with Crippen molar-refractivity contribution in [2.45, 2.75) is 442 Å². The summed E-state index contributed by atoms with van der Waals surface area (Å²) in [7, 11) is 0. The fourth-order valence-corrected chi connectivity index (χ4v) is 12.9. The minimum Gasteiger partial charge on any atom is -0.466 e. The Morgan fingerprint density at radius 1 is 0.389 bits per heavy atom. The molecule has 0 spiro atoms. The maximum absolute atomic E-state index is 13.1. The normalized spacial score (nSPS) is 17.7. The number of esters is 1. The van der Waals surface area contributed by atoms with Crippen LogP contribution < -0.4 is 5.32 Å². The van der Waals surface area contributed by atoms with E-state index in [1.807, 2.05) is 6.08 Å². The van der Waals surface area contributed by atoms with Gasteiger partial charge in [0, 0.05) is 12.8 Å². The van der Waals surface area contributed by atoms with Crippen LogP contribution in [0.15, 0.2) is 60.8 Å². The van der Waals surface area contributed by atoms with Crippen LogP contribution in [0.4, 0.5) is 0 Å². The molecule has 95 heavy (non-hydrogen) atoms. The second-order valence-electron chi connectivity index (χ2n) is 28.5. The molecule has 1 rings (SSSR count). The number of aliphatic hydroxyl groups is 5. The number of nitrogens with one attached hydrogen (secondary N) is 1. The van der Waals surface area contributed by atoms with Gasteiger partial charge < -0.3 is 45.1 Å². The third kappa shape index (κ3) is 61.0. The first kappa shape index (κ1) is 90.4. The highest BCUT2D eigenvalue weighted by molar-refractivity contribution is 5.76. The van der Waals surface area contributed by atoms with Gasteiger partial charge in [-0.1, -0.05) is 364 Å². The molecule has 0 saturated carbocycles. The first-order chi connectivity index (χ1) is 46.7. The van der Waals surface area contributed by atoms with Crippen molar-refractivity contribution in [2.24, 2.45) is 0 Å². The summed E-state index contributed by atoms with van der Waals surface area (Å²) in [5.41, 5.74) is 0. The van der Waals surface area contributed by atoms with Gasteiger partial charge in [0.25, 0.3) is 0 Å². The van der Waals surface area contributed by atoms with Crippen LogP contribution in [-0.2, 0) is 23.8 Å². The van der Waals surface area contributed by atoms with E-state index < -0.39 is 49.5 Å². The zero-order chi connectivity index (χ0) is 68.6. The van der Waals surface area contributed by atoms with Gasteiger partial charge in [0.15, 0.2) is 6.29 Å². The Balaban J connectivity index is 1.87. The van der Waals surface area contributed by atoms with Gasteiger partial charge in [0.05, 0.1) is 32.0 Å². The minimum atomic E-state index is -1.58. The fourth-order valence-electron chi connectivity index (χ4n) is 12.9. The third-order valence-electron chi connectivity index (χ3n) is 19.3. The maximum Gasteiger partial charge on any atom is 0.305 e. The monoisotopic (exact) mass is 1340 g/mol. The Bertz CT molecular complexity index is 1770. The largest absolute Gasteiger partial charge is 0.466 e. The molecule has 7 atom stereocenters. The van der Waals surface area contributed by atoms with Gasteiger partial charge in [0.2, 0.25) is 5.91 Å². The molecule has 0 aromatic rings. The highest BCUT2D eigenvalue weighted by Crippen LogP contribution is 2.24. The molecule has 1 fully saturated rings. The van der Waals surface area contributed by atoms with Crippen molar-refractivity contribution >= 4 is 11.9 Å². The number of unbranched alkanes of at least 4 members (excludes halogenated alkanes) is 51. The number of amides is 1. The smallest absolute Gasteiger partial charge is 0.305 e. The molecule has 1 saturated heterocycles. The fraction of sp³-hybridized carbons (Fsp3) is 0.857. The van der Waals surface area contributed by atoms with Crippen LogP contribution in [0.1, 0.15) is 399 Å². The highest BCUT2D eigenvalue weighted by atomic mass is 16.7. The van der Waals surface area contributed by atoms with Crippen LogP contribution in [0.3, 0.4) is 0 Å². The van der Waals surface area contributed by atoms with Crippen LogP contribution in [0.5, 0.6) is 0 Å². The van der Waals surface area contributed by atoms with Gasteiger partial charge in [-0.05, 0) is 83.5 Å². The van der Waals surface area contributed by atoms with Crippen LogP contribution in [0, 0.1) is 0 Å². The summed E-state index contributed by atoms with van der Waals surface area (Å²) in [6.07, 6.45) is 88.5. The zero-order valence-electron chi connectivity index (χ0n) is 62.1. The predicted octanol–water partition coefficient (Wildman–Crippen LogP) is 22.4. The lowest BCUT2D eigenvalue weighted by atomic mass is 9.99. The topological polar surface area (TPSA) is 175 Å². The molecule has 6 N–H and O–H groups in total. The molecule has 0 aliphatic carbocycles. The SMILES string of the molecule is CCC/C=C/CC/C=C/CC/C=C/C(O)C(COC1OC(CO)C(O)C(O)C1O)NC(=O)CCCCCCCCCCCCCCCCCCC/C=C\C/C=C\CCCCCCCCCCCCCCCCCOC(=O)CCCCCCCCCCCCCCCCCCC. The molecule has 1 aliphatic heterocycles. The Morgan fingerprint density at radius 2 is 0.737 bits per heavy atom. The Labute approximate surface area is 586 Å². The summed E-state index contributed by atoms with van der Waals surface area (Å²) in [4.78, 5) is 25.2. The zero-order valence-corrected chi connectivity index (χ0v) is 62.1. The molecule has 1 amide bonds. The van der Waals surface area contributed by atoms with Crippen molar-refractivity contribution in [3.8, 4) is 0 Å². The number of carbonyl (C=O) groups is 2. The first-order valence-corrected chi connectivity index (χ1v) is 41.1. The van der Waals surface area contributed by atoms with Crippen molar-refractivity contribution in [1.29, 1.82) is 0 Å². The van der Waals surface area contributed by atoms with Gasteiger partial charge in [0.1, 0.15) is 24.4 Å². The average Bonchev–Trinajstić information content (AvgIpc) is 0.858.